The van der Waals surface area contributed by atoms with Crippen molar-refractivity contribution in [3.05, 3.63) is 209 Å². The fourth-order valence-corrected chi connectivity index (χ4v) is 11.3. The average Bonchev–Trinajstić information content (AvgIpc) is 3.83. The Labute approximate surface area is 321 Å². The van der Waals surface area contributed by atoms with Crippen LogP contribution < -0.4 is 4.90 Å². The lowest BCUT2D eigenvalue weighted by atomic mass is 9.65. The Morgan fingerprint density at radius 2 is 1.22 bits per heavy atom. The Morgan fingerprint density at radius 1 is 0.537 bits per heavy atom. The van der Waals surface area contributed by atoms with Crippen LogP contribution in [0.25, 0.3) is 42.4 Å². The molecule has 1 nitrogen and oxygen atoms in total. The molecule has 0 N–H and O–H groups in total. The summed E-state index contributed by atoms with van der Waals surface area (Å²) in [5.41, 5.74) is 16.7. The van der Waals surface area contributed by atoms with Gasteiger partial charge in [0.2, 0.25) is 0 Å². The van der Waals surface area contributed by atoms with Crippen LogP contribution in [0.4, 0.5) is 17.1 Å². The number of anilines is 3. The molecule has 0 saturated heterocycles. The number of hydrogen-bond acceptors (Lipinski definition) is 2. The predicted molar refractivity (Wildman–Crippen MR) is 230 cm³/mol. The minimum Gasteiger partial charge on any atom is -0.310 e. The smallest absolute Gasteiger partial charge is 0.0677 e. The summed E-state index contributed by atoms with van der Waals surface area (Å²) in [6, 6.07) is 59.3. The van der Waals surface area contributed by atoms with Gasteiger partial charge in [-0.2, -0.15) is 0 Å². The van der Waals surface area contributed by atoms with Crippen LogP contribution >= 0.6 is 11.3 Å². The van der Waals surface area contributed by atoms with Gasteiger partial charge in [0.1, 0.15) is 0 Å². The molecule has 1 aromatic heterocycles. The van der Waals surface area contributed by atoms with Gasteiger partial charge in [-0.25, -0.2) is 0 Å². The lowest BCUT2D eigenvalue weighted by Gasteiger charge is -2.37. The van der Waals surface area contributed by atoms with Crippen molar-refractivity contribution in [2.75, 3.05) is 4.90 Å². The van der Waals surface area contributed by atoms with Gasteiger partial charge in [0.05, 0.1) is 5.41 Å². The molecule has 8 aromatic rings. The summed E-state index contributed by atoms with van der Waals surface area (Å²) in [5.74, 6) is 0. The van der Waals surface area contributed by atoms with Crippen LogP contribution in [-0.2, 0) is 10.8 Å². The van der Waals surface area contributed by atoms with Crippen LogP contribution in [0, 0.1) is 0 Å². The van der Waals surface area contributed by atoms with E-state index in [4.69, 9.17) is 0 Å². The first kappa shape index (κ1) is 31.6. The molecule has 0 fully saturated rings. The molecule has 0 aliphatic heterocycles. The van der Waals surface area contributed by atoms with Crippen LogP contribution in [0.1, 0.15) is 54.5 Å². The molecular weight excluding hydrogens is 671 g/mol. The number of thiophene rings is 1. The molecule has 3 aliphatic carbocycles. The number of rotatable bonds is 5. The van der Waals surface area contributed by atoms with Crippen molar-refractivity contribution in [2.45, 2.75) is 37.5 Å². The molecule has 7 aromatic carbocycles. The van der Waals surface area contributed by atoms with Gasteiger partial charge in [-0.1, -0.05) is 153 Å². The average molecular weight is 710 g/mol. The maximum absolute atomic E-state index is 2.53. The molecular formula is C52H39NS. The van der Waals surface area contributed by atoms with E-state index in [1.807, 2.05) is 11.3 Å². The molecule has 0 spiro atoms. The summed E-state index contributed by atoms with van der Waals surface area (Å²) >= 11 is 1.94. The van der Waals surface area contributed by atoms with Gasteiger partial charge >= 0.3 is 0 Å². The zero-order valence-electron chi connectivity index (χ0n) is 30.5. The van der Waals surface area contributed by atoms with Gasteiger partial charge in [0.25, 0.3) is 0 Å². The van der Waals surface area contributed by atoms with Crippen LogP contribution in [0.3, 0.4) is 0 Å². The molecule has 0 bridgehead atoms. The standard InChI is InChI=1S/C52H39NS/c1-51(2)44-24-14-12-22-39(44)40-28-26-37(32-46(40)51)53(36-20-10-5-11-21-36)38-27-29-43-47(33-38)52(34-16-6-3-7-17-34,35-18-8-4-9-19-35)45-31-30-42-41-23-13-15-25-48(41)54-50(42)49(43)45/h3-8,10-18,20-33H,9,19H2,1-2H3. The lowest BCUT2D eigenvalue weighted by Crippen LogP contribution is -2.30. The SMILES string of the molecule is CC1(C)c2ccccc2-c2ccc(N(c3ccccc3)c3ccc4c(c3)C(C3=CC=CCC3)(c3ccccc3)c3ccc5c(sc6ccccc65)c3-4)cc21. The second-order valence-electron chi connectivity index (χ2n) is 15.5. The third kappa shape index (κ3) is 4.32. The molecule has 0 saturated carbocycles. The highest BCUT2D eigenvalue weighted by atomic mass is 32.1. The highest BCUT2D eigenvalue weighted by molar-refractivity contribution is 7.26. The first-order valence-corrected chi connectivity index (χ1v) is 20.0. The quantitative estimate of drug-likeness (QED) is 0.172. The molecule has 0 amide bonds. The number of allylic oxidation sites excluding steroid dienone is 4. The topological polar surface area (TPSA) is 3.24 Å². The number of para-hydroxylation sites is 1. The summed E-state index contributed by atoms with van der Waals surface area (Å²) < 4.78 is 2.72. The van der Waals surface area contributed by atoms with Gasteiger partial charge in [-0.15, -0.1) is 11.3 Å². The second-order valence-corrected chi connectivity index (χ2v) is 16.6. The zero-order valence-corrected chi connectivity index (χ0v) is 31.3. The van der Waals surface area contributed by atoms with Crippen LogP contribution in [0.15, 0.2) is 182 Å². The van der Waals surface area contributed by atoms with E-state index in [2.05, 4.69) is 195 Å². The Kier molecular flexibility index (Phi) is 6.88. The molecule has 1 atom stereocenters. The van der Waals surface area contributed by atoms with Crippen molar-refractivity contribution in [3.8, 4) is 22.3 Å². The molecule has 3 aliphatic rings. The van der Waals surface area contributed by atoms with Gasteiger partial charge in [-0.3, -0.25) is 0 Å². The summed E-state index contributed by atoms with van der Waals surface area (Å²) in [4.78, 5) is 2.47. The molecule has 2 heteroatoms. The monoisotopic (exact) mass is 709 g/mol. The van der Waals surface area contributed by atoms with E-state index in [-0.39, 0.29) is 5.41 Å². The molecule has 0 radical (unpaired) electrons. The lowest BCUT2D eigenvalue weighted by molar-refractivity contribution is 0.660. The molecule has 1 unspecified atom stereocenters. The first-order valence-electron chi connectivity index (χ1n) is 19.2. The summed E-state index contributed by atoms with van der Waals surface area (Å²) in [6.45, 7) is 4.74. The largest absolute Gasteiger partial charge is 0.310 e. The van der Waals surface area contributed by atoms with Crippen molar-refractivity contribution in [2.24, 2.45) is 0 Å². The summed E-state index contributed by atoms with van der Waals surface area (Å²) in [5, 5.41) is 2.69. The summed E-state index contributed by atoms with van der Waals surface area (Å²) in [6.07, 6.45) is 9.06. The second kappa shape index (κ2) is 11.8. The number of fused-ring (bicyclic) bond motifs is 10. The fraction of sp³-hybridized carbons (Fsp3) is 0.115. The Morgan fingerprint density at radius 3 is 2.02 bits per heavy atom. The van der Waals surface area contributed by atoms with Gasteiger partial charge in [-0.05, 0) is 99.8 Å². The first-order chi connectivity index (χ1) is 26.5. The van der Waals surface area contributed by atoms with Crippen LogP contribution in [0.5, 0.6) is 0 Å². The molecule has 258 valence electrons. The van der Waals surface area contributed by atoms with Crippen molar-refractivity contribution in [3.63, 3.8) is 0 Å². The molecule has 54 heavy (non-hydrogen) atoms. The number of hydrogen-bond donors (Lipinski definition) is 0. The van der Waals surface area contributed by atoms with E-state index in [1.54, 1.807) is 0 Å². The predicted octanol–water partition coefficient (Wildman–Crippen LogP) is 14.4. The Bertz CT molecular complexity index is 2850. The number of nitrogens with zero attached hydrogens (tertiary/aromatic N) is 1. The van der Waals surface area contributed by atoms with Gasteiger partial charge in [0.15, 0.2) is 0 Å². The van der Waals surface area contributed by atoms with Gasteiger partial charge < -0.3 is 4.90 Å². The van der Waals surface area contributed by atoms with Crippen LogP contribution in [0.2, 0.25) is 0 Å². The van der Waals surface area contributed by atoms with Crippen molar-refractivity contribution in [1.82, 2.24) is 0 Å². The third-order valence-corrected chi connectivity index (χ3v) is 13.6. The van der Waals surface area contributed by atoms with Crippen molar-refractivity contribution in [1.29, 1.82) is 0 Å². The van der Waals surface area contributed by atoms with Crippen molar-refractivity contribution >= 4 is 48.6 Å². The highest BCUT2D eigenvalue weighted by Crippen LogP contribution is 2.61. The van der Waals surface area contributed by atoms with E-state index in [1.165, 1.54) is 87.2 Å². The van der Waals surface area contributed by atoms with Gasteiger partial charge in [0, 0.05) is 48.2 Å². The minimum atomic E-state index is -0.430. The normalized spacial score (nSPS) is 17.6. The molecule has 11 rings (SSSR count). The Balaban J connectivity index is 1.20. The maximum Gasteiger partial charge on any atom is 0.0677 e. The van der Waals surface area contributed by atoms with Crippen LogP contribution in [-0.4, -0.2) is 0 Å². The number of benzene rings is 7. The van der Waals surface area contributed by atoms with E-state index >= 15 is 0 Å². The molecule has 1 heterocycles. The third-order valence-electron chi connectivity index (χ3n) is 12.4. The fourth-order valence-electron chi connectivity index (χ4n) is 10.0. The van der Waals surface area contributed by atoms with E-state index < -0.39 is 5.41 Å². The van der Waals surface area contributed by atoms with E-state index in [0.29, 0.717) is 0 Å². The Hall–Kier alpha value is -5.96. The highest BCUT2D eigenvalue weighted by Gasteiger charge is 2.48. The zero-order chi connectivity index (χ0) is 36.0. The van der Waals surface area contributed by atoms with Crippen molar-refractivity contribution < 1.29 is 0 Å². The maximum atomic E-state index is 2.53. The van der Waals surface area contributed by atoms with E-state index in [0.717, 1.165) is 18.5 Å². The minimum absolute atomic E-state index is 0.0943. The van der Waals surface area contributed by atoms with E-state index in [9.17, 15) is 0 Å². The summed E-state index contributed by atoms with van der Waals surface area (Å²) in [7, 11) is 0.